The monoisotopic (exact) mass is 255 g/mol. The predicted octanol–water partition coefficient (Wildman–Crippen LogP) is 0.356. The molecular weight excluding hydrogens is 230 g/mol. The van der Waals surface area contributed by atoms with Gasteiger partial charge in [-0.15, -0.1) is 5.10 Å². The Balaban J connectivity index is 2.27. The zero-order valence-corrected chi connectivity index (χ0v) is 11.7. The van der Waals surface area contributed by atoms with Gasteiger partial charge in [-0.1, -0.05) is 12.1 Å². The molecule has 1 rings (SSSR count). The molecule has 0 bridgehead atoms. The van der Waals surface area contributed by atoms with Gasteiger partial charge in [-0.2, -0.15) is 0 Å². The van der Waals surface area contributed by atoms with E-state index in [1.54, 1.807) is 0 Å². The fraction of sp³-hybridized carbons (Fsp3) is 0.833. The molecule has 1 aromatic heterocycles. The lowest BCUT2D eigenvalue weighted by atomic mass is 10.4. The van der Waals surface area contributed by atoms with Gasteiger partial charge in [0.05, 0.1) is 18.8 Å². The highest BCUT2D eigenvalue weighted by Gasteiger charge is 2.04. The maximum absolute atomic E-state index is 5.37. The van der Waals surface area contributed by atoms with Crippen LogP contribution in [0, 0.1) is 0 Å². The Labute approximate surface area is 109 Å². The second-order valence-corrected chi connectivity index (χ2v) is 4.13. The molecule has 0 aliphatic heterocycles. The van der Waals surface area contributed by atoms with Crippen LogP contribution in [0.3, 0.4) is 0 Å². The molecule has 18 heavy (non-hydrogen) atoms. The summed E-state index contributed by atoms with van der Waals surface area (Å²) in [5, 5.41) is 11.3. The minimum absolute atomic E-state index is 0.766. The van der Waals surface area contributed by atoms with Crippen LogP contribution >= 0.6 is 0 Å². The third-order valence-corrected chi connectivity index (χ3v) is 2.79. The number of hydrogen-bond acceptors (Lipinski definition) is 5. The molecule has 0 aromatic carbocycles. The maximum atomic E-state index is 5.37. The van der Waals surface area contributed by atoms with Crippen LogP contribution in [0.4, 0.5) is 0 Å². The highest BCUT2D eigenvalue weighted by Crippen LogP contribution is 1.95. The highest BCUT2D eigenvalue weighted by atomic mass is 16.5. The summed E-state index contributed by atoms with van der Waals surface area (Å²) in [7, 11) is 1.91. The van der Waals surface area contributed by atoms with E-state index in [4.69, 9.17) is 4.74 Å². The van der Waals surface area contributed by atoms with Crippen molar-refractivity contribution in [3.05, 3.63) is 11.9 Å². The Hall–Kier alpha value is -0.980. The molecule has 1 aromatic rings. The Morgan fingerprint density at radius 2 is 2.22 bits per heavy atom. The van der Waals surface area contributed by atoms with Gasteiger partial charge in [0, 0.05) is 32.4 Å². The third kappa shape index (κ3) is 5.57. The lowest BCUT2D eigenvalue weighted by Gasteiger charge is -2.19. The molecule has 0 saturated carbocycles. The normalized spacial score (nSPS) is 11.3. The quantitative estimate of drug-likeness (QED) is 0.612. The zero-order chi connectivity index (χ0) is 13.2. The fourth-order valence-electron chi connectivity index (χ4n) is 1.72. The van der Waals surface area contributed by atoms with Crippen molar-refractivity contribution in [1.82, 2.24) is 25.2 Å². The van der Waals surface area contributed by atoms with E-state index in [1.807, 2.05) is 24.9 Å². The van der Waals surface area contributed by atoms with Crippen LogP contribution in [0.5, 0.6) is 0 Å². The van der Waals surface area contributed by atoms with Crippen molar-refractivity contribution in [3.63, 3.8) is 0 Å². The largest absolute Gasteiger partial charge is 0.380 e. The number of nitrogens with zero attached hydrogens (tertiary/aromatic N) is 4. The molecule has 1 heterocycles. The van der Waals surface area contributed by atoms with Crippen molar-refractivity contribution in [1.29, 1.82) is 0 Å². The van der Waals surface area contributed by atoms with Crippen molar-refractivity contribution in [2.75, 3.05) is 39.9 Å². The van der Waals surface area contributed by atoms with Crippen LogP contribution in [-0.2, 0) is 17.8 Å². The molecule has 0 radical (unpaired) electrons. The molecule has 6 nitrogen and oxygen atoms in total. The Bertz CT molecular complexity index is 315. The van der Waals surface area contributed by atoms with Crippen LogP contribution in [-0.4, -0.2) is 59.8 Å². The lowest BCUT2D eigenvalue weighted by Crippen LogP contribution is -2.31. The van der Waals surface area contributed by atoms with Crippen LogP contribution in [0.2, 0.25) is 0 Å². The van der Waals surface area contributed by atoms with Crippen molar-refractivity contribution < 1.29 is 4.74 Å². The summed E-state index contributed by atoms with van der Waals surface area (Å²) in [6.45, 7) is 10.4. The minimum atomic E-state index is 0.766. The van der Waals surface area contributed by atoms with Gasteiger partial charge in [-0.05, 0) is 20.5 Å². The summed E-state index contributed by atoms with van der Waals surface area (Å²) in [5.74, 6) is 0. The van der Waals surface area contributed by atoms with E-state index in [0.29, 0.717) is 0 Å². The van der Waals surface area contributed by atoms with E-state index >= 15 is 0 Å². The summed E-state index contributed by atoms with van der Waals surface area (Å²) >= 11 is 0. The van der Waals surface area contributed by atoms with E-state index in [1.165, 1.54) is 0 Å². The zero-order valence-electron chi connectivity index (χ0n) is 11.7. The summed E-state index contributed by atoms with van der Waals surface area (Å²) in [6.07, 6.45) is 1.99. The highest BCUT2D eigenvalue weighted by molar-refractivity contribution is 4.91. The van der Waals surface area contributed by atoms with Gasteiger partial charge >= 0.3 is 0 Å². The minimum Gasteiger partial charge on any atom is -0.380 e. The first-order chi connectivity index (χ1) is 8.80. The summed E-state index contributed by atoms with van der Waals surface area (Å²) in [5.41, 5.74) is 0.981. The number of likely N-dealkylation sites (N-methyl/N-ethyl adjacent to an activating group) is 1. The molecule has 0 unspecified atom stereocenters. The maximum Gasteiger partial charge on any atom is 0.0964 e. The van der Waals surface area contributed by atoms with Crippen molar-refractivity contribution in [2.24, 2.45) is 0 Å². The molecule has 0 aliphatic rings. The van der Waals surface area contributed by atoms with Crippen molar-refractivity contribution >= 4 is 0 Å². The third-order valence-electron chi connectivity index (χ3n) is 2.79. The number of nitrogens with one attached hydrogen (secondary N) is 1. The van der Waals surface area contributed by atoms with Crippen LogP contribution in [0.25, 0.3) is 0 Å². The van der Waals surface area contributed by atoms with E-state index in [2.05, 4.69) is 27.5 Å². The summed E-state index contributed by atoms with van der Waals surface area (Å²) < 4.78 is 7.27. The van der Waals surface area contributed by atoms with Gasteiger partial charge in [0.25, 0.3) is 0 Å². The van der Waals surface area contributed by atoms with E-state index < -0.39 is 0 Å². The average molecular weight is 255 g/mol. The Kier molecular flexibility index (Phi) is 7.55. The van der Waals surface area contributed by atoms with Crippen LogP contribution in [0.15, 0.2) is 6.20 Å². The van der Waals surface area contributed by atoms with Crippen molar-refractivity contribution in [3.8, 4) is 0 Å². The molecule has 104 valence electrons. The van der Waals surface area contributed by atoms with E-state index in [9.17, 15) is 0 Å². The molecule has 0 aliphatic carbocycles. The molecule has 0 fully saturated rings. The SMILES string of the molecule is CCOCCN(CC)CCn1cc(CNC)nn1. The number of ether oxygens (including phenoxy) is 1. The first kappa shape index (κ1) is 15.1. The van der Waals surface area contributed by atoms with Crippen molar-refractivity contribution in [2.45, 2.75) is 26.9 Å². The average Bonchev–Trinajstić information content (AvgIpc) is 2.82. The standard InChI is InChI=1S/C12H25N5O/c1-4-16(8-9-18-5-2)6-7-17-11-12(10-13-3)14-15-17/h11,13H,4-10H2,1-3H3. The molecule has 6 heteroatoms. The van der Waals surface area contributed by atoms with Gasteiger partial charge in [-0.25, -0.2) is 0 Å². The van der Waals surface area contributed by atoms with E-state index in [-0.39, 0.29) is 0 Å². The Morgan fingerprint density at radius 1 is 1.39 bits per heavy atom. The molecular formula is C12H25N5O. The second kappa shape index (κ2) is 9.02. The second-order valence-electron chi connectivity index (χ2n) is 4.13. The molecule has 0 spiro atoms. The summed E-state index contributed by atoms with van der Waals surface area (Å²) in [6, 6.07) is 0. The molecule has 1 N–H and O–H groups in total. The summed E-state index contributed by atoms with van der Waals surface area (Å²) in [4.78, 5) is 2.36. The number of rotatable bonds is 10. The first-order valence-corrected chi connectivity index (χ1v) is 6.63. The van der Waals surface area contributed by atoms with Gasteiger partial charge in [-0.3, -0.25) is 9.58 Å². The van der Waals surface area contributed by atoms with E-state index in [0.717, 1.165) is 51.6 Å². The van der Waals surface area contributed by atoms with Gasteiger partial charge in [0.15, 0.2) is 0 Å². The predicted molar refractivity (Wildman–Crippen MR) is 71.4 cm³/mol. The van der Waals surface area contributed by atoms with Gasteiger partial charge in [0.1, 0.15) is 0 Å². The molecule has 0 saturated heterocycles. The van der Waals surface area contributed by atoms with Gasteiger partial charge < -0.3 is 10.1 Å². The van der Waals surface area contributed by atoms with Crippen LogP contribution in [0.1, 0.15) is 19.5 Å². The lowest BCUT2D eigenvalue weighted by molar-refractivity contribution is 0.113. The smallest absolute Gasteiger partial charge is 0.0964 e. The molecule has 0 amide bonds. The van der Waals surface area contributed by atoms with Gasteiger partial charge in [0.2, 0.25) is 0 Å². The molecule has 0 atom stereocenters. The first-order valence-electron chi connectivity index (χ1n) is 6.63. The number of aromatic nitrogens is 3. The number of hydrogen-bond donors (Lipinski definition) is 1. The van der Waals surface area contributed by atoms with Crippen LogP contribution < -0.4 is 5.32 Å². The fourth-order valence-corrected chi connectivity index (χ4v) is 1.72. The Morgan fingerprint density at radius 3 is 2.89 bits per heavy atom. The topological polar surface area (TPSA) is 55.2 Å².